The summed E-state index contributed by atoms with van der Waals surface area (Å²) in [6.07, 6.45) is 0. The van der Waals surface area contributed by atoms with Crippen LogP contribution in [0.25, 0.3) is 0 Å². The van der Waals surface area contributed by atoms with Crippen molar-refractivity contribution in [3.8, 4) is 0 Å². The number of nitrogens with zero attached hydrogens (tertiary/aromatic N) is 3. The zero-order valence-corrected chi connectivity index (χ0v) is 19.5. The van der Waals surface area contributed by atoms with Crippen LogP contribution >= 0.6 is 11.3 Å². The molecule has 0 unspecified atom stereocenters. The highest BCUT2D eigenvalue weighted by atomic mass is 32.2. The summed E-state index contributed by atoms with van der Waals surface area (Å²) in [5.41, 5.74) is 3.01. The minimum atomic E-state index is -3.96. The first-order valence-electron chi connectivity index (χ1n) is 10.2. The average molecular weight is 479 g/mol. The third-order valence-electron chi connectivity index (χ3n) is 4.98. The van der Waals surface area contributed by atoms with E-state index in [-0.39, 0.29) is 28.5 Å². The number of benzene rings is 3. The zero-order chi connectivity index (χ0) is 23.3. The lowest BCUT2D eigenvalue weighted by Gasteiger charge is -2.21. The molecule has 1 amide bonds. The van der Waals surface area contributed by atoms with Gasteiger partial charge in [-0.2, -0.15) is 4.31 Å². The van der Waals surface area contributed by atoms with Crippen LogP contribution in [0.3, 0.4) is 0 Å². The number of rotatable bonds is 8. The Hall–Kier alpha value is -3.40. The fraction of sp³-hybridized carbons (Fsp3) is 0.125. The highest BCUT2D eigenvalue weighted by Gasteiger charge is 2.29. The van der Waals surface area contributed by atoms with Gasteiger partial charge >= 0.3 is 0 Å². The van der Waals surface area contributed by atoms with Crippen molar-refractivity contribution in [3.63, 3.8) is 0 Å². The summed E-state index contributed by atoms with van der Waals surface area (Å²) in [5.74, 6) is -0.362. The third kappa shape index (κ3) is 5.51. The quantitative estimate of drug-likeness (QED) is 0.377. The molecule has 0 aliphatic heterocycles. The monoisotopic (exact) mass is 478 g/mol. The lowest BCUT2D eigenvalue weighted by atomic mass is 10.1. The van der Waals surface area contributed by atoms with Crippen molar-refractivity contribution in [2.24, 2.45) is 0 Å². The number of hydrogen-bond donors (Lipinski definition) is 1. The summed E-state index contributed by atoms with van der Waals surface area (Å²) in [6.45, 7) is 2.20. The van der Waals surface area contributed by atoms with Crippen molar-refractivity contribution in [3.05, 3.63) is 107 Å². The van der Waals surface area contributed by atoms with Gasteiger partial charge in [0.15, 0.2) is 0 Å². The van der Waals surface area contributed by atoms with E-state index in [1.165, 1.54) is 4.31 Å². The molecule has 3 aromatic carbocycles. The van der Waals surface area contributed by atoms with E-state index >= 15 is 0 Å². The Bertz CT molecular complexity index is 1300. The van der Waals surface area contributed by atoms with Crippen LogP contribution in [0.5, 0.6) is 0 Å². The molecule has 0 bridgehead atoms. The molecule has 0 saturated heterocycles. The van der Waals surface area contributed by atoms with Gasteiger partial charge in [0, 0.05) is 18.7 Å². The Labute approximate surface area is 196 Å². The second-order valence-corrected chi connectivity index (χ2v) is 10.5. The van der Waals surface area contributed by atoms with E-state index < -0.39 is 10.0 Å². The summed E-state index contributed by atoms with van der Waals surface area (Å²) in [5, 5.41) is 10.6. The Morgan fingerprint density at radius 1 is 0.848 bits per heavy atom. The Kier molecular flexibility index (Phi) is 6.93. The number of nitrogens with one attached hydrogen (secondary N) is 1. The number of sulfonamides is 1. The number of anilines is 1. The number of carbonyl (C=O) groups is 1. The van der Waals surface area contributed by atoms with Crippen LogP contribution in [0, 0.1) is 6.92 Å². The van der Waals surface area contributed by atoms with Crippen molar-refractivity contribution in [1.29, 1.82) is 0 Å². The molecule has 0 radical (unpaired) electrons. The van der Waals surface area contributed by atoms with Gasteiger partial charge in [-0.05, 0) is 29.7 Å². The van der Waals surface area contributed by atoms with Crippen molar-refractivity contribution < 1.29 is 13.2 Å². The van der Waals surface area contributed by atoms with Crippen LogP contribution in [0.2, 0.25) is 0 Å². The van der Waals surface area contributed by atoms with Crippen LogP contribution < -0.4 is 5.32 Å². The molecular weight excluding hydrogens is 456 g/mol. The molecule has 0 aliphatic carbocycles. The van der Waals surface area contributed by atoms with Gasteiger partial charge < -0.3 is 0 Å². The molecule has 4 aromatic rings. The van der Waals surface area contributed by atoms with Crippen molar-refractivity contribution in [1.82, 2.24) is 14.5 Å². The molecule has 7 nitrogen and oxygen atoms in total. The summed E-state index contributed by atoms with van der Waals surface area (Å²) >= 11 is 0.834. The van der Waals surface area contributed by atoms with Gasteiger partial charge in [0.05, 0.1) is 0 Å². The van der Waals surface area contributed by atoms with Crippen molar-refractivity contribution in [2.75, 3.05) is 5.32 Å². The molecule has 0 spiro atoms. The number of amides is 1. The highest BCUT2D eigenvalue weighted by Crippen LogP contribution is 2.26. The van der Waals surface area contributed by atoms with E-state index in [2.05, 4.69) is 15.5 Å². The maximum Gasteiger partial charge on any atom is 0.272 e. The highest BCUT2D eigenvalue weighted by molar-refractivity contribution is 7.91. The molecule has 33 heavy (non-hydrogen) atoms. The fourth-order valence-corrected chi connectivity index (χ4v) is 5.72. The van der Waals surface area contributed by atoms with Gasteiger partial charge in [-0.25, -0.2) is 8.42 Å². The van der Waals surface area contributed by atoms with Gasteiger partial charge in [-0.15, -0.1) is 10.2 Å². The Balaban J connectivity index is 1.59. The second-order valence-electron chi connectivity index (χ2n) is 7.39. The van der Waals surface area contributed by atoms with Crippen LogP contribution in [-0.4, -0.2) is 28.8 Å². The van der Waals surface area contributed by atoms with Crippen LogP contribution in [0.15, 0.2) is 89.3 Å². The standard InChI is InChI=1S/C24H22N4O3S2/c1-18-10-8-9-15-21(18)22(29)25-23-26-27-24(32-23)33(30,31)28(16-19-11-4-2-5-12-19)17-20-13-6-3-7-14-20/h2-15H,16-17H2,1H3,(H,25,26,29). The van der Waals surface area contributed by atoms with Gasteiger partial charge in [-0.3, -0.25) is 10.1 Å². The van der Waals surface area contributed by atoms with Crippen LogP contribution in [-0.2, 0) is 23.1 Å². The average Bonchev–Trinajstić information content (AvgIpc) is 3.29. The van der Waals surface area contributed by atoms with E-state index in [1.54, 1.807) is 12.1 Å². The summed E-state index contributed by atoms with van der Waals surface area (Å²) in [7, 11) is -3.96. The van der Waals surface area contributed by atoms with Crippen molar-refractivity contribution >= 4 is 32.4 Å². The molecule has 0 atom stereocenters. The van der Waals surface area contributed by atoms with Crippen molar-refractivity contribution in [2.45, 2.75) is 24.4 Å². The molecule has 1 heterocycles. The van der Waals surface area contributed by atoms with Crippen LogP contribution in [0.1, 0.15) is 27.0 Å². The molecule has 1 aromatic heterocycles. The first-order chi connectivity index (χ1) is 15.9. The van der Waals surface area contributed by atoms with E-state index in [1.807, 2.05) is 79.7 Å². The van der Waals surface area contributed by atoms with Gasteiger partial charge in [-0.1, -0.05) is 90.2 Å². The molecule has 4 rings (SSSR count). The Morgan fingerprint density at radius 2 is 1.39 bits per heavy atom. The topological polar surface area (TPSA) is 92.3 Å². The summed E-state index contributed by atoms with van der Waals surface area (Å²) < 4.78 is 28.2. The van der Waals surface area contributed by atoms with E-state index in [4.69, 9.17) is 0 Å². The Morgan fingerprint density at radius 3 is 1.97 bits per heavy atom. The third-order valence-corrected chi connectivity index (χ3v) is 7.96. The maximum absolute atomic E-state index is 13.5. The van der Waals surface area contributed by atoms with Gasteiger partial charge in [0.2, 0.25) is 9.47 Å². The minimum absolute atomic E-state index is 0.126. The largest absolute Gasteiger partial charge is 0.296 e. The number of aryl methyl sites for hydroxylation is 1. The SMILES string of the molecule is Cc1ccccc1C(=O)Nc1nnc(S(=O)(=O)N(Cc2ccccc2)Cc2ccccc2)s1. The zero-order valence-electron chi connectivity index (χ0n) is 17.9. The molecule has 0 saturated carbocycles. The maximum atomic E-state index is 13.5. The first-order valence-corrected chi connectivity index (χ1v) is 12.5. The second kappa shape index (κ2) is 10.0. The van der Waals surface area contributed by atoms with Crippen LogP contribution in [0.4, 0.5) is 5.13 Å². The molecule has 0 aliphatic rings. The summed E-state index contributed by atoms with van der Waals surface area (Å²) in [6, 6.07) is 25.9. The normalized spacial score (nSPS) is 11.5. The fourth-order valence-electron chi connectivity index (χ4n) is 3.27. The number of hydrogen-bond acceptors (Lipinski definition) is 6. The smallest absolute Gasteiger partial charge is 0.272 e. The lowest BCUT2D eigenvalue weighted by Crippen LogP contribution is -2.30. The molecule has 168 valence electrons. The number of aromatic nitrogens is 2. The van der Waals surface area contributed by atoms with Gasteiger partial charge in [0.1, 0.15) is 0 Å². The lowest BCUT2D eigenvalue weighted by molar-refractivity contribution is 0.102. The molecule has 9 heteroatoms. The van der Waals surface area contributed by atoms with E-state index in [0.717, 1.165) is 28.0 Å². The predicted molar refractivity (Wildman–Crippen MR) is 128 cm³/mol. The van der Waals surface area contributed by atoms with E-state index in [9.17, 15) is 13.2 Å². The minimum Gasteiger partial charge on any atom is -0.296 e. The number of carbonyl (C=O) groups excluding carboxylic acids is 1. The van der Waals surface area contributed by atoms with Gasteiger partial charge in [0.25, 0.3) is 15.9 Å². The molecule has 1 N–H and O–H groups in total. The predicted octanol–water partition coefficient (Wildman–Crippen LogP) is 4.49. The summed E-state index contributed by atoms with van der Waals surface area (Å²) in [4.78, 5) is 12.6. The molecular formula is C24H22N4O3S2. The molecule has 0 fully saturated rings. The van der Waals surface area contributed by atoms with E-state index in [0.29, 0.717) is 5.56 Å². The first kappa shape index (κ1) is 22.8.